The summed E-state index contributed by atoms with van der Waals surface area (Å²) in [6, 6.07) is 18.2. The fraction of sp³-hybridized carbons (Fsp3) is 0.217. The van der Waals surface area contributed by atoms with Crippen molar-refractivity contribution in [1.29, 1.82) is 0 Å². The third-order valence-electron chi connectivity index (χ3n) is 5.37. The van der Waals surface area contributed by atoms with Gasteiger partial charge in [-0.15, -0.1) is 0 Å². The Hall–Kier alpha value is -3.26. The summed E-state index contributed by atoms with van der Waals surface area (Å²) in [4.78, 5) is 26.6. The van der Waals surface area contributed by atoms with Crippen molar-refractivity contribution in [1.82, 2.24) is 4.90 Å². The van der Waals surface area contributed by atoms with Gasteiger partial charge in [-0.05, 0) is 41.1 Å². The van der Waals surface area contributed by atoms with Gasteiger partial charge >= 0.3 is 12.1 Å². The van der Waals surface area contributed by atoms with Gasteiger partial charge in [0.2, 0.25) is 0 Å². The van der Waals surface area contributed by atoms with Crippen LogP contribution in [0.1, 0.15) is 10.4 Å². The maximum Gasteiger partial charge on any atom is 0.471 e. The first kappa shape index (κ1) is 22.0. The Morgan fingerprint density at radius 1 is 0.875 bits per heavy atom. The van der Waals surface area contributed by atoms with Gasteiger partial charge in [0.05, 0.1) is 10.7 Å². The van der Waals surface area contributed by atoms with Crippen LogP contribution in [0.25, 0.3) is 10.8 Å². The van der Waals surface area contributed by atoms with Crippen molar-refractivity contribution < 1.29 is 22.8 Å². The molecule has 1 aliphatic rings. The maximum atomic E-state index is 12.6. The lowest BCUT2D eigenvalue weighted by atomic mass is 10.1. The van der Waals surface area contributed by atoms with E-state index in [1.165, 1.54) is 0 Å². The predicted octanol–water partition coefficient (Wildman–Crippen LogP) is 4.96. The van der Waals surface area contributed by atoms with Gasteiger partial charge in [0, 0.05) is 37.4 Å². The number of alkyl halides is 3. The number of hydrogen-bond acceptors (Lipinski definition) is 3. The Labute approximate surface area is 187 Å². The Kier molecular flexibility index (Phi) is 5.97. The highest BCUT2D eigenvalue weighted by atomic mass is 35.5. The van der Waals surface area contributed by atoms with Gasteiger partial charge in [-0.3, -0.25) is 9.59 Å². The maximum absolute atomic E-state index is 12.6. The number of fused-ring (bicyclic) bond motifs is 1. The Balaban J connectivity index is 1.42. The number of carbonyl (C=O) groups excluding carboxylic acids is 2. The molecule has 3 aromatic rings. The van der Waals surface area contributed by atoms with Crippen molar-refractivity contribution in [3.63, 3.8) is 0 Å². The smallest absolute Gasteiger partial charge is 0.367 e. The molecule has 4 rings (SSSR count). The first-order valence-electron chi connectivity index (χ1n) is 9.93. The van der Waals surface area contributed by atoms with Gasteiger partial charge in [-0.25, -0.2) is 0 Å². The first-order valence-corrected chi connectivity index (χ1v) is 10.3. The molecule has 1 N–H and O–H groups in total. The minimum Gasteiger partial charge on any atom is -0.367 e. The van der Waals surface area contributed by atoms with Crippen LogP contribution in [0.3, 0.4) is 0 Å². The van der Waals surface area contributed by atoms with Crippen LogP contribution in [-0.2, 0) is 4.79 Å². The average molecular weight is 462 g/mol. The van der Waals surface area contributed by atoms with Crippen LogP contribution in [0, 0.1) is 0 Å². The number of amides is 2. The van der Waals surface area contributed by atoms with E-state index in [1.807, 2.05) is 41.3 Å². The van der Waals surface area contributed by atoms with Gasteiger partial charge in [0.1, 0.15) is 0 Å². The van der Waals surface area contributed by atoms with E-state index in [4.69, 9.17) is 11.6 Å². The van der Waals surface area contributed by atoms with Crippen LogP contribution >= 0.6 is 11.6 Å². The quantitative estimate of drug-likeness (QED) is 0.600. The van der Waals surface area contributed by atoms with Crippen molar-refractivity contribution in [2.24, 2.45) is 0 Å². The van der Waals surface area contributed by atoms with Crippen molar-refractivity contribution >= 4 is 45.6 Å². The molecule has 0 aromatic heterocycles. The molecule has 0 unspecified atom stereocenters. The Bertz CT molecular complexity index is 1170. The molecule has 166 valence electrons. The van der Waals surface area contributed by atoms with Crippen LogP contribution in [0.15, 0.2) is 60.7 Å². The highest BCUT2D eigenvalue weighted by Crippen LogP contribution is 2.30. The largest absolute Gasteiger partial charge is 0.471 e. The summed E-state index contributed by atoms with van der Waals surface area (Å²) in [7, 11) is 0. The number of hydrogen-bond donors (Lipinski definition) is 1. The summed E-state index contributed by atoms with van der Waals surface area (Å²) in [5.74, 6) is -2.10. The summed E-state index contributed by atoms with van der Waals surface area (Å²) in [5.41, 5.74) is 1.65. The second-order valence-electron chi connectivity index (χ2n) is 7.46. The molecule has 1 saturated heterocycles. The number of carbonyl (C=O) groups is 2. The molecule has 1 aliphatic heterocycles. The van der Waals surface area contributed by atoms with Crippen molar-refractivity contribution in [3.05, 3.63) is 71.2 Å². The normalized spacial score (nSPS) is 14.5. The number of rotatable bonds is 3. The van der Waals surface area contributed by atoms with E-state index in [-0.39, 0.29) is 32.1 Å². The topological polar surface area (TPSA) is 52.7 Å². The Morgan fingerprint density at radius 3 is 2.22 bits per heavy atom. The van der Waals surface area contributed by atoms with Gasteiger partial charge in [-0.1, -0.05) is 41.9 Å². The van der Waals surface area contributed by atoms with Gasteiger partial charge in [0.25, 0.3) is 5.91 Å². The number of anilines is 2. The van der Waals surface area contributed by atoms with Crippen molar-refractivity contribution in [2.75, 3.05) is 36.4 Å². The Morgan fingerprint density at radius 2 is 1.56 bits per heavy atom. The molecule has 0 radical (unpaired) electrons. The molecule has 9 heteroatoms. The predicted molar refractivity (Wildman–Crippen MR) is 118 cm³/mol. The van der Waals surface area contributed by atoms with Gasteiger partial charge < -0.3 is 15.1 Å². The van der Waals surface area contributed by atoms with Crippen LogP contribution in [0.5, 0.6) is 0 Å². The fourth-order valence-corrected chi connectivity index (χ4v) is 4.00. The minimum absolute atomic E-state index is 0.0465. The van der Waals surface area contributed by atoms with E-state index in [1.54, 1.807) is 24.3 Å². The van der Waals surface area contributed by atoms with E-state index < -0.39 is 12.1 Å². The second-order valence-corrected chi connectivity index (χ2v) is 7.87. The zero-order valence-corrected chi connectivity index (χ0v) is 17.6. The molecule has 3 aromatic carbocycles. The molecule has 0 atom stereocenters. The van der Waals surface area contributed by atoms with E-state index in [0.717, 1.165) is 15.7 Å². The minimum atomic E-state index is -4.87. The third kappa shape index (κ3) is 4.65. The van der Waals surface area contributed by atoms with E-state index in [9.17, 15) is 22.8 Å². The first-order chi connectivity index (χ1) is 15.2. The zero-order chi connectivity index (χ0) is 22.9. The van der Waals surface area contributed by atoms with Crippen molar-refractivity contribution in [2.45, 2.75) is 6.18 Å². The lowest BCUT2D eigenvalue weighted by molar-refractivity contribution is -0.185. The highest BCUT2D eigenvalue weighted by molar-refractivity contribution is 6.33. The molecule has 0 saturated carbocycles. The fourth-order valence-electron chi connectivity index (χ4n) is 3.70. The van der Waals surface area contributed by atoms with E-state index in [0.29, 0.717) is 22.0 Å². The summed E-state index contributed by atoms with van der Waals surface area (Å²) < 4.78 is 37.8. The molecule has 0 spiro atoms. The average Bonchev–Trinajstić information content (AvgIpc) is 2.78. The number of nitrogens with zero attached hydrogens (tertiary/aromatic N) is 2. The monoisotopic (exact) mass is 461 g/mol. The molecule has 1 fully saturated rings. The third-order valence-corrected chi connectivity index (χ3v) is 5.67. The van der Waals surface area contributed by atoms with E-state index >= 15 is 0 Å². The molecule has 2 amide bonds. The number of benzene rings is 3. The molecule has 0 aliphatic carbocycles. The number of halogens is 4. The number of nitrogens with one attached hydrogen (secondary N) is 1. The van der Waals surface area contributed by atoms with Crippen LogP contribution in [-0.4, -0.2) is 49.1 Å². The molecule has 1 heterocycles. The van der Waals surface area contributed by atoms with E-state index in [2.05, 4.69) is 5.32 Å². The second kappa shape index (κ2) is 8.70. The summed E-state index contributed by atoms with van der Waals surface area (Å²) in [6.07, 6.45) is -4.87. The molecule has 0 bridgehead atoms. The summed E-state index contributed by atoms with van der Waals surface area (Å²) in [6.45, 7) is 0.360. The molecule has 32 heavy (non-hydrogen) atoms. The highest BCUT2D eigenvalue weighted by Gasteiger charge is 2.43. The summed E-state index contributed by atoms with van der Waals surface area (Å²) in [5, 5.41) is 5.16. The lowest BCUT2D eigenvalue weighted by Crippen LogP contribution is -2.52. The van der Waals surface area contributed by atoms with Crippen LogP contribution < -0.4 is 10.2 Å². The standard InChI is InChI=1S/C23H19ClF3N3O2/c24-19-14-18(28-21(31)17-6-5-15-3-1-2-4-16(15)13-17)7-8-20(19)29-9-11-30(12-10-29)22(32)23(25,26)27/h1-8,13-14H,9-12H2,(H,28,31). The molecular formula is C23H19ClF3N3O2. The van der Waals surface area contributed by atoms with Crippen LogP contribution in [0.4, 0.5) is 24.5 Å². The zero-order valence-electron chi connectivity index (χ0n) is 16.8. The lowest BCUT2D eigenvalue weighted by Gasteiger charge is -2.36. The number of piperazine rings is 1. The van der Waals surface area contributed by atoms with Crippen molar-refractivity contribution in [3.8, 4) is 0 Å². The molecule has 5 nitrogen and oxygen atoms in total. The van der Waals surface area contributed by atoms with Gasteiger partial charge in [-0.2, -0.15) is 13.2 Å². The SMILES string of the molecule is O=C(Nc1ccc(N2CCN(C(=O)C(F)(F)F)CC2)c(Cl)c1)c1ccc2ccccc2c1. The van der Waals surface area contributed by atoms with Gasteiger partial charge in [0.15, 0.2) is 0 Å². The van der Waals surface area contributed by atoms with Crippen LogP contribution in [0.2, 0.25) is 5.02 Å². The molecular weight excluding hydrogens is 443 g/mol. The summed E-state index contributed by atoms with van der Waals surface area (Å²) >= 11 is 6.39.